The Morgan fingerprint density at radius 2 is 2.00 bits per heavy atom. The summed E-state index contributed by atoms with van der Waals surface area (Å²) in [5.74, 6) is 0.0775. The number of anilines is 1. The van der Waals surface area contributed by atoms with Crippen molar-refractivity contribution in [2.45, 2.75) is 19.3 Å². The zero-order valence-corrected chi connectivity index (χ0v) is 11.9. The normalized spacial score (nSPS) is 12.0. The Morgan fingerprint density at radius 3 is 2.55 bits per heavy atom. The molecule has 2 rings (SSSR count). The van der Waals surface area contributed by atoms with Gasteiger partial charge in [0.15, 0.2) is 0 Å². The lowest BCUT2D eigenvalue weighted by Gasteiger charge is -2.20. The summed E-state index contributed by atoms with van der Waals surface area (Å²) < 4.78 is 63.7. The van der Waals surface area contributed by atoms with Crippen molar-refractivity contribution < 1.29 is 22.0 Å². The van der Waals surface area contributed by atoms with Crippen LogP contribution in [-0.4, -0.2) is 21.6 Å². The van der Waals surface area contributed by atoms with Gasteiger partial charge in [-0.15, -0.1) is 0 Å². The third kappa shape index (κ3) is 3.46. The predicted molar refractivity (Wildman–Crippen MR) is 69.8 cm³/mol. The van der Waals surface area contributed by atoms with Crippen LogP contribution in [0.4, 0.5) is 27.8 Å². The molecule has 0 aromatic carbocycles. The van der Waals surface area contributed by atoms with Crippen LogP contribution in [-0.2, 0) is 12.7 Å². The second kappa shape index (κ2) is 6.07. The van der Waals surface area contributed by atoms with Crippen LogP contribution < -0.4 is 4.90 Å². The molecule has 2 heterocycles. The van der Waals surface area contributed by atoms with E-state index in [2.05, 4.69) is 9.97 Å². The maximum atomic E-state index is 12.7. The molecule has 120 valence electrons. The molecule has 0 N–H and O–H groups in total. The van der Waals surface area contributed by atoms with Crippen LogP contribution in [0.1, 0.15) is 17.9 Å². The van der Waals surface area contributed by atoms with Gasteiger partial charge in [0.2, 0.25) is 0 Å². The van der Waals surface area contributed by atoms with E-state index in [-0.39, 0.29) is 23.2 Å². The lowest BCUT2D eigenvalue weighted by molar-refractivity contribution is -0.137. The van der Waals surface area contributed by atoms with Crippen LogP contribution in [0.3, 0.4) is 0 Å². The van der Waals surface area contributed by atoms with E-state index in [0.717, 1.165) is 12.3 Å². The van der Waals surface area contributed by atoms with Crippen molar-refractivity contribution in [3.63, 3.8) is 0 Å². The minimum atomic E-state index is -4.56. The van der Waals surface area contributed by atoms with E-state index in [1.165, 1.54) is 18.1 Å². The number of halogens is 6. The summed E-state index contributed by atoms with van der Waals surface area (Å²) in [5, 5.41) is -0.229. The molecule has 0 aliphatic rings. The Morgan fingerprint density at radius 1 is 1.32 bits per heavy atom. The van der Waals surface area contributed by atoms with Gasteiger partial charge in [0.1, 0.15) is 11.6 Å². The van der Waals surface area contributed by atoms with E-state index < -0.39 is 18.3 Å². The summed E-state index contributed by atoms with van der Waals surface area (Å²) in [7, 11) is 1.46. The Labute approximate surface area is 127 Å². The number of hydrogen-bond donors (Lipinski definition) is 0. The number of aromatic nitrogens is 3. The molecule has 0 fully saturated rings. The van der Waals surface area contributed by atoms with Crippen molar-refractivity contribution in [2.24, 2.45) is 0 Å². The lowest BCUT2D eigenvalue weighted by atomic mass is 10.2. The fourth-order valence-electron chi connectivity index (χ4n) is 1.80. The van der Waals surface area contributed by atoms with Gasteiger partial charge in [0.05, 0.1) is 17.1 Å². The van der Waals surface area contributed by atoms with Crippen LogP contribution in [0.25, 0.3) is 0 Å². The molecule has 0 radical (unpaired) electrons. The lowest BCUT2D eigenvalue weighted by Crippen LogP contribution is -2.21. The highest BCUT2D eigenvalue weighted by Crippen LogP contribution is 2.33. The van der Waals surface area contributed by atoms with E-state index in [9.17, 15) is 22.0 Å². The summed E-state index contributed by atoms with van der Waals surface area (Å²) >= 11 is 5.79. The zero-order chi connectivity index (χ0) is 16.5. The van der Waals surface area contributed by atoms with Gasteiger partial charge in [0, 0.05) is 25.6 Å². The molecule has 2 aromatic rings. The zero-order valence-electron chi connectivity index (χ0n) is 11.2. The fraction of sp³-hybridized carbons (Fsp3) is 0.333. The van der Waals surface area contributed by atoms with Crippen molar-refractivity contribution in [2.75, 3.05) is 11.9 Å². The highest BCUT2D eigenvalue weighted by molar-refractivity contribution is 6.33. The third-order valence-electron chi connectivity index (χ3n) is 2.85. The first-order valence-corrected chi connectivity index (χ1v) is 6.31. The van der Waals surface area contributed by atoms with E-state index >= 15 is 0 Å². The number of imidazole rings is 1. The first kappa shape index (κ1) is 16.5. The second-order valence-corrected chi connectivity index (χ2v) is 4.82. The van der Waals surface area contributed by atoms with Crippen molar-refractivity contribution in [1.82, 2.24) is 14.5 Å². The summed E-state index contributed by atoms with van der Waals surface area (Å²) in [6.07, 6.45) is -1.61. The second-order valence-electron chi connectivity index (χ2n) is 4.41. The molecular formula is C12H10ClF5N4. The molecule has 0 bridgehead atoms. The molecule has 0 saturated heterocycles. The van der Waals surface area contributed by atoms with Gasteiger partial charge in [-0.3, -0.25) is 4.57 Å². The molecule has 0 amide bonds. The molecule has 0 unspecified atom stereocenters. The number of hydrogen-bond acceptors (Lipinski definition) is 3. The minimum absolute atomic E-state index is 0.0373. The van der Waals surface area contributed by atoms with E-state index in [1.54, 1.807) is 0 Å². The maximum absolute atomic E-state index is 12.7. The highest BCUT2D eigenvalue weighted by Gasteiger charge is 2.32. The van der Waals surface area contributed by atoms with Gasteiger partial charge in [-0.2, -0.15) is 22.0 Å². The van der Waals surface area contributed by atoms with Crippen LogP contribution in [0.5, 0.6) is 0 Å². The van der Waals surface area contributed by atoms with Gasteiger partial charge < -0.3 is 4.90 Å². The Bertz CT molecular complexity index is 655. The molecule has 2 aromatic heterocycles. The van der Waals surface area contributed by atoms with Gasteiger partial charge >= 0.3 is 12.7 Å². The molecule has 0 aliphatic carbocycles. The summed E-state index contributed by atoms with van der Waals surface area (Å²) in [5.41, 5.74) is -0.983. The Kier molecular flexibility index (Phi) is 4.55. The molecular weight excluding hydrogens is 331 g/mol. The SMILES string of the molecule is CN(Cc1nccn1C(F)F)c1ncc(C(F)(F)F)cc1Cl. The van der Waals surface area contributed by atoms with Crippen molar-refractivity contribution >= 4 is 17.4 Å². The summed E-state index contributed by atoms with van der Waals surface area (Å²) in [6.45, 7) is -2.85. The first-order chi connectivity index (χ1) is 10.2. The quantitative estimate of drug-likeness (QED) is 0.789. The van der Waals surface area contributed by atoms with E-state index in [0.29, 0.717) is 10.8 Å². The smallest absolute Gasteiger partial charge is 0.351 e. The first-order valence-electron chi connectivity index (χ1n) is 5.94. The standard InChI is InChI=1S/C12H10ClF5N4/c1-21(6-9-19-2-3-22(9)11(14)15)10-8(13)4-7(5-20-10)12(16,17)18/h2-5,11H,6H2,1H3. The molecule has 0 atom stereocenters. The average molecular weight is 341 g/mol. The third-order valence-corrected chi connectivity index (χ3v) is 3.13. The topological polar surface area (TPSA) is 34.0 Å². The molecule has 10 heteroatoms. The molecule has 4 nitrogen and oxygen atoms in total. The van der Waals surface area contributed by atoms with Crippen molar-refractivity contribution in [3.8, 4) is 0 Å². The molecule has 0 aliphatic heterocycles. The van der Waals surface area contributed by atoms with Gasteiger partial charge in [-0.05, 0) is 6.07 Å². The van der Waals surface area contributed by atoms with E-state index in [1.807, 2.05) is 0 Å². The fourth-order valence-corrected chi connectivity index (χ4v) is 2.11. The van der Waals surface area contributed by atoms with Crippen LogP contribution >= 0.6 is 11.6 Å². The largest absolute Gasteiger partial charge is 0.417 e. The summed E-state index contributed by atoms with van der Waals surface area (Å²) in [4.78, 5) is 8.77. The van der Waals surface area contributed by atoms with Gasteiger partial charge in [0.25, 0.3) is 0 Å². The predicted octanol–water partition coefficient (Wildman–Crippen LogP) is 3.98. The highest BCUT2D eigenvalue weighted by atomic mass is 35.5. The van der Waals surface area contributed by atoms with Gasteiger partial charge in [-0.1, -0.05) is 11.6 Å². The Hall–Kier alpha value is -1.90. The van der Waals surface area contributed by atoms with Crippen LogP contribution in [0.2, 0.25) is 5.02 Å². The minimum Gasteiger partial charge on any atom is -0.351 e. The molecule has 22 heavy (non-hydrogen) atoms. The van der Waals surface area contributed by atoms with Crippen molar-refractivity contribution in [1.29, 1.82) is 0 Å². The monoisotopic (exact) mass is 340 g/mol. The Balaban J connectivity index is 2.23. The van der Waals surface area contributed by atoms with E-state index in [4.69, 9.17) is 11.6 Å². The number of alkyl halides is 5. The van der Waals surface area contributed by atoms with Crippen LogP contribution in [0, 0.1) is 0 Å². The number of nitrogens with zero attached hydrogens (tertiary/aromatic N) is 4. The maximum Gasteiger partial charge on any atom is 0.417 e. The molecule has 0 spiro atoms. The number of pyridine rings is 1. The number of rotatable bonds is 4. The van der Waals surface area contributed by atoms with Gasteiger partial charge in [-0.25, -0.2) is 9.97 Å². The summed E-state index contributed by atoms with van der Waals surface area (Å²) in [6, 6.07) is 0.736. The molecule has 0 saturated carbocycles. The van der Waals surface area contributed by atoms with Crippen LogP contribution in [0.15, 0.2) is 24.7 Å². The van der Waals surface area contributed by atoms with Crippen molar-refractivity contribution in [3.05, 3.63) is 41.1 Å². The average Bonchev–Trinajstić information content (AvgIpc) is 2.85.